The van der Waals surface area contributed by atoms with Gasteiger partial charge in [-0.1, -0.05) is 15.9 Å². The van der Waals surface area contributed by atoms with Crippen molar-refractivity contribution in [3.05, 3.63) is 29.0 Å². The summed E-state index contributed by atoms with van der Waals surface area (Å²) < 4.78 is 2.88. The summed E-state index contributed by atoms with van der Waals surface area (Å²) in [7, 11) is 0. The van der Waals surface area contributed by atoms with Crippen molar-refractivity contribution >= 4 is 38.4 Å². The Morgan fingerprint density at radius 2 is 2.05 bits per heavy atom. The molecule has 0 atom stereocenters. The maximum Gasteiger partial charge on any atom is 0.199 e. The minimum Gasteiger partial charge on any atom is -0.351 e. The van der Waals surface area contributed by atoms with Gasteiger partial charge in [0.15, 0.2) is 11.5 Å². The first-order valence-corrected chi connectivity index (χ1v) is 7.37. The monoisotopic (exact) mass is 332 g/mol. The van der Waals surface area contributed by atoms with Crippen LogP contribution in [0.15, 0.2) is 29.0 Å². The lowest BCUT2D eigenvalue weighted by atomic mass is 10.3. The lowest BCUT2D eigenvalue weighted by Gasteiger charge is -2.28. The number of benzene rings is 1. The van der Waals surface area contributed by atoms with Crippen molar-refractivity contribution < 1.29 is 0 Å². The Balaban J connectivity index is 1.99. The first-order chi connectivity index (χ1) is 9.83. The fourth-order valence-electron chi connectivity index (χ4n) is 2.58. The predicted molar refractivity (Wildman–Crippen MR) is 81.1 cm³/mol. The van der Waals surface area contributed by atoms with Gasteiger partial charge in [-0.25, -0.2) is 14.5 Å². The molecule has 0 aliphatic carbocycles. The summed E-state index contributed by atoms with van der Waals surface area (Å²) in [6.45, 7) is 3.83. The first-order valence-electron chi connectivity index (χ1n) is 6.57. The maximum atomic E-state index is 4.79. The smallest absolute Gasteiger partial charge is 0.199 e. The van der Waals surface area contributed by atoms with Gasteiger partial charge in [-0.05, 0) is 18.2 Å². The Hall–Kier alpha value is -1.73. The molecule has 1 aliphatic heterocycles. The number of anilines is 1. The number of hydrogen-bond acceptors (Lipinski definition) is 5. The second-order valence-corrected chi connectivity index (χ2v) is 5.72. The van der Waals surface area contributed by atoms with Gasteiger partial charge in [0.2, 0.25) is 0 Å². The van der Waals surface area contributed by atoms with E-state index in [4.69, 9.17) is 4.98 Å². The molecule has 3 heterocycles. The minimum atomic E-state index is 0.817. The summed E-state index contributed by atoms with van der Waals surface area (Å²) in [5.41, 5.74) is 2.71. The molecule has 1 aliphatic rings. The van der Waals surface area contributed by atoms with Gasteiger partial charge >= 0.3 is 0 Å². The number of rotatable bonds is 1. The molecule has 1 fully saturated rings. The van der Waals surface area contributed by atoms with Crippen molar-refractivity contribution in [3.63, 3.8) is 0 Å². The molecule has 2 aromatic heterocycles. The normalized spacial score (nSPS) is 16.1. The quantitative estimate of drug-likeness (QED) is 0.730. The van der Waals surface area contributed by atoms with Gasteiger partial charge in [0, 0.05) is 30.7 Å². The average molecular weight is 333 g/mol. The van der Waals surface area contributed by atoms with Crippen molar-refractivity contribution in [2.75, 3.05) is 31.1 Å². The van der Waals surface area contributed by atoms with Gasteiger partial charge in [0.05, 0.1) is 11.0 Å². The van der Waals surface area contributed by atoms with E-state index < -0.39 is 0 Å². The number of fused-ring (bicyclic) bond motifs is 3. The Morgan fingerprint density at radius 1 is 1.20 bits per heavy atom. The van der Waals surface area contributed by atoms with Crippen LogP contribution < -0.4 is 10.2 Å². The molecule has 0 saturated carbocycles. The summed E-state index contributed by atoms with van der Waals surface area (Å²) in [4.78, 5) is 11.4. The summed E-state index contributed by atoms with van der Waals surface area (Å²) in [5.74, 6) is 0.916. The van der Waals surface area contributed by atoms with Crippen molar-refractivity contribution in [1.82, 2.24) is 24.9 Å². The molecule has 1 aromatic carbocycles. The highest BCUT2D eigenvalue weighted by Crippen LogP contribution is 2.25. The van der Waals surface area contributed by atoms with Crippen LogP contribution in [0.4, 0.5) is 5.82 Å². The maximum absolute atomic E-state index is 4.79. The standard InChI is InChI=1S/C13H13BrN6/c14-9-1-2-10-11(7-9)20-12(16-8-17-20)13(18-10)19-5-3-15-4-6-19/h1-2,7-8,15H,3-6H2. The summed E-state index contributed by atoms with van der Waals surface area (Å²) in [6.07, 6.45) is 1.59. The zero-order valence-corrected chi connectivity index (χ0v) is 12.3. The highest BCUT2D eigenvalue weighted by atomic mass is 79.9. The highest BCUT2D eigenvalue weighted by Gasteiger charge is 2.18. The number of nitrogens with one attached hydrogen (secondary N) is 1. The van der Waals surface area contributed by atoms with E-state index >= 15 is 0 Å². The van der Waals surface area contributed by atoms with E-state index in [0.29, 0.717) is 0 Å². The van der Waals surface area contributed by atoms with E-state index in [9.17, 15) is 0 Å². The SMILES string of the molecule is Brc1ccc2nc(N3CCNCC3)c3ncnn3c2c1. The molecule has 0 unspecified atom stereocenters. The number of nitrogens with zero attached hydrogens (tertiary/aromatic N) is 5. The molecular weight excluding hydrogens is 320 g/mol. The Labute approximate surface area is 123 Å². The Kier molecular flexibility index (Phi) is 2.82. The third-order valence-electron chi connectivity index (χ3n) is 3.56. The average Bonchev–Trinajstić information content (AvgIpc) is 2.97. The lowest BCUT2D eigenvalue weighted by Crippen LogP contribution is -2.44. The van der Waals surface area contributed by atoms with Crippen LogP contribution in [0.1, 0.15) is 0 Å². The van der Waals surface area contributed by atoms with E-state index in [1.54, 1.807) is 6.33 Å². The molecule has 0 spiro atoms. The minimum absolute atomic E-state index is 0.817. The zero-order valence-electron chi connectivity index (χ0n) is 10.8. The molecule has 3 aromatic rings. The van der Waals surface area contributed by atoms with E-state index in [-0.39, 0.29) is 0 Å². The van der Waals surface area contributed by atoms with Gasteiger partial charge in [-0.2, -0.15) is 5.10 Å². The second-order valence-electron chi connectivity index (χ2n) is 4.80. The third kappa shape index (κ3) is 1.85. The predicted octanol–water partition coefficient (Wildman–Crippen LogP) is 1.45. The molecule has 0 radical (unpaired) electrons. The topological polar surface area (TPSA) is 58.4 Å². The summed E-state index contributed by atoms with van der Waals surface area (Å²) >= 11 is 3.49. The number of piperazine rings is 1. The molecule has 0 amide bonds. The van der Waals surface area contributed by atoms with Crippen LogP contribution in [-0.4, -0.2) is 45.8 Å². The molecule has 102 valence electrons. The molecule has 20 heavy (non-hydrogen) atoms. The van der Waals surface area contributed by atoms with E-state index in [0.717, 1.165) is 53.2 Å². The lowest BCUT2D eigenvalue weighted by molar-refractivity contribution is 0.586. The fraction of sp³-hybridized carbons (Fsp3) is 0.308. The van der Waals surface area contributed by atoms with Crippen LogP contribution in [0.3, 0.4) is 0 Å². The second kappa shape index (κ2) is 4.68. The van der Waals surface area contributed by atoms with Crippen LogP contribution >= 0.6 is 15.9 Å². The first kappa shape index (κ1) is 12.0. The summed E-state index contributed by atoms with van der Waals surface area (Å²) in [5, 5.41) is 7.70. The van der Waals surface area contributed by atoms with Gasteiger partial charge in [0.1, 0.15) is 6.33 Å². The van der Waals surface area contributed by atoms with Gasteiger partial charge < -0.3 is 10.2 Å². The van der Waals surface area contributed by atoms with Gasteiger partial charge in [0.25, 0.3) is 0 Å². The molecule has 7 heteroatoms. The molecule has 6 nitrogen and oxygen atoms in total. The fourth-order valence-corrected chi connectivity index (χ4v) is 2.93. The molecule has 1 N–H and O–H groups in total. The molecule has 0 bridgehead atoms. The van der Waals surface area contributed by atoms with Crippen LogP contribution in [-0.2, 0) is 0 Å². The van der Waals surface area contributed by atoms with Crippen LogP contribution in [0.2, 0.25) is 0 Å². The van der Waals surface area contributed by atoms with Crippen LogP contribution in [0.25, 0.3) is 16.7 Å². The Bertz CT molecular complexity index is 777. The molecule has 1 saturated heterocycles. The van der Waals surface area contributed by atoms with Crippen molar-refractivity contribution in [1.29, 1.82) is 0 Å². The summed E-state index contributed by atoms with van der Waals surface area (Å²) in [6, 6.07) is 6.03. The molecule has 4 rings (SSSR count). The van der Waals surface area contributed by atoms with E-state index in [1.807, 2.05) is 22.7 Å². The zero-order chi connectivity index (χ0) is 13.5. The number of halogens is 1. The van der Waals surface area contributed by atoms with Crippen molar-refractivity contribution in [2.45, 2.75) is 0 Å². The van der Waals surface area contributed by atoms with Gasteiger partial charge in [-0.15, -0.1) is 0 Å². The van der Waals surface area contributed by atoms with Crippen molar-refractivity contribution in [2.24, 2.45) is 0 Å². The van der Waals surface area contributed by atoms with Gasteiger partial charge in [-0.3, -0.25) is 0 Å². The van der Waals surface area contributed by atoms with Crippen LogP contribution in [0.5, 0.6) is 0 Å². The molecular formula is C13H13BrN6. The van der Waals surface area contributed by atoms with Crippen LogP contribution in [0, 0.1) is 0 Å². The Morgan fingerprint density at radius 3 is 2.90 bits per heavy atom. The highest BCUT2D eigenvalue weighted by molar-refractivity contribution is 9.10. The van der Waals surface area contributed by atoms with E-state index in [1.165, 1.54) is 0 Å². The number of hydrogen-bond donors (Lipinski definition) is 1. The third-order valence-corrected chi connectivity index (χ3v) is 4.05. The largest absolute Gasteiger partial charge is 0.351 e. The van der Waals surface area contributed by atoms with E-state index in [2.05, 4.69) is 36.2 Å². The van der Waals surface area contributed by atoms with Crippen molar-refractivity contribution in [3.8, 4) is 0 Å². The number of aromatic nitrogens is 4.